The SMILES string of the molecule is CC(C)N(C(=O)COC(=O)c1cc(S(=O)(=O)N2CCCCC2)ccc1Cl)C(C)C. The van der Waals surface area contributed by atoms with Crippen molar-refractivity contribution >= 4 is 33.5 Å². The fourth-order valence-electron chi connectivity index (χ4n) is 3.53. The standard InChI is InChI=1S/C20H29ClN2O5S/c1-14(2)23(15(3)4)19(24)13-28-20(25)17-12-16(8-9-18(17)21)29(26,27)22-10-6-5-7-11-22/h8-9,12,14-15H,5-7,10-11,13H2,1-4H3. The minimum Gasteiger partial charge on any atom is -0.452 e. The Balaban J connectivity index is 2.17. The molecule has 1 fully saturated rings. The lowest BCUT2D eigenvalue weighted by Crippen LogP contribution is -2.44. The predicted molar refractivity (Wildman–Crippen MR) is 111 cm³/mol. The molecule has 0 aliphatic carbocycles. The van der Waals surface area contributed by atoms with Gasteiger partial charge >= 0.3 is 5.97 Å². The van der Waals surface area contributed by atoms with Crippen LogP contribution in [0.25, 0.3) is 0 Å². The Kier molecular flexibility index (Phi) is 8.08. The van der Waals surface area contributed by atoms with E-state index in [1.54, 1.807) is 4.90 Å². The van der Waals surface area contributed by atoms with E-state index in [1.165, 1.54) is 22.5 Å². The van der Waals surface area contributed by atoms with E-state index in [4.69, 9.17) is 16.3 Å². The van der Waals surface area contributed by atoms with E-state index in [9.17, 15) is 18.0 Å². The molecule has 1 amide bonds. The first-order valence-electron chi connectivity index (χ1n) is 9.83. The molecule has 9 heteroatoms. The molecule has 0 bridgehead atoms. The number of halogens is 1. The number of carbonyl (C=O) groups excluding carboxylic acids is 2. The number of nitrogens with zero attached hydrogens (tertiary/aromatic N) is 2. The van der Waals surface area contributed by atoms with Gasteiger partial charge in [-0.15, -0.1) is 0 Å². The summed E-state index contributed by atoms with van der Waals surface area (Å²) in [6.07, 6.45) is 2.63. The number of piperidine rings is 1. The van der Waals surface area contributed by atoms with Crippen molar-refractivity contribution in [3.05, 3.63) is 28.8 Å². The third-order valence-electron chi connectivity index (χ3n) is 4.84. The second kappa shape index (κ2) is 9.91. The van der Waals surface area contributed by atoms with Gasteiger partial charge in [-0.2, -0.15) is 4.31 Å². The number of ether oxygens (including phenoxy) is 1. The van der Waals surface area contributed by atoms with Crippen LogP contribution in [0.15, 0.2) is 23.1 Å². The number of rotatable bonds is 7. The van der Waals surface area contributed by atoms with Crippen LogP contribution in [0.2, 0.25) is 5.02 Å². The van der Waals surface area contributed by atoms with E-state index >= 15 is 0 Å². The van der Waals surface area contributed by atoms with Crippen molar-refractivity contribution in [3.8, 4) is 0 Å². The first kappa shape index (κ1) is 23.6. The van der Waals surface area contributed by atoms with Gasteiger partial charge in [0.15, 0.2) is 6.61 Å². The Bertz CT molecular complexity index is 840. The van der Waals surface area contributed by atoms with E-state index in [0.29, 0.717) is 13.1 Å². The summed E-state index contributed by atoms with van der Waals surface area (Å²) in [7, 11) is -3.71. The molecule has 0 N–H and O–H groups in total. The van der Waals surface area contributed by atoms with Crippen LogP contribution in [0.3, 0.4) is 0 Å². The molecule has 7 nitrogen and oxygen atoms in total. The molecular formula is C20H29ClN2O5S. The van der Waals surface area contributed by atoms with Crippen LogP contribution in [0.4, 0.5) is 0 Å². The highest BCUT2D eigenvalue weighted by Crippen LogP contribution is 2.25. The summed E-state index contributed by atoms with van der Waals surface area (Å²) in [6.45, 7) is 8.00. The molecule has 0 aromatic heterocycles. The molecule has 29 heavy (non-hydrogen) atoms. The van der Waals surface area contributed by atoms with Crippen molar-refractivity contribution < 1.29 is 22.7 Å². The molecule has 1 aliphatic rings. The van der Waals surface area contributed by atoms with Crippen LogP contribution < -0.4 is 0 Å². The van der Waals surface area contributed by atoms with E-state index in [-0.39, 0.29) is 33.5 Å². The topological polar surface area (TPSA) is 84.0 Å². The summed E-state index contributed by atoms with van der Waals surface area (Å²) < 4.78 is 32.3. The monoisotopic (exact) mass is 444 g/mol. The first-order chi connectivity index (χ1) is 13.6. The number of carbonyl (C=O) groups is 2. The van der Waals surface area contributed by atoms with Gasteiger partial charge < -0.3 is 9.64 Å². The van der Waals surface area contributed by atoms with Gasteiger partial charge in [0.25, 0.3) is 5.91 Å². The summed E-state index contributed by atoms with van der Waals surface area (Å²) in [5.41, 5.74) is -0.0711. The summed E-state index contributed by atoms with van der Waals surface area (Å²) >= 11 is 6.10. The largest absolute Gasteiger partial charge is 0.452 e. The lowest BCUT2D eigenvalue weighted by molar-refractivity contribution is -0.138. The maximum Gasteiger partial charge on any atom is 0.340 e. The Morgan fingerprint density at radius 1 is 1.10 bits per heavy atom. The number of amides is 1. The van der Waals surface area contributed by atoms with Gasteiger partial charge in [-0.05, 0) is 58.7 Å². The molecule has 0 spiro atoms. The van der Waals surface area contributed by atoms with Crippen molar-refractivity contribution in [3.63, 3.8) is 0 Å². The van der Waals surface area contributed by atoms with Crippen molar-refractivity contribution in [2.75, 3.05) is 19.7 Å². The Labute approximate surface area is 178 Å². The molecule has 0 radical (unpaired) electrons. The fourth-order valence-corrected chi connectivity index (χ4v) is 5.27. The van der Waals surface area contributed by atoms with E-state index < -0.39 is 22.6 Å². The normalized spacial score (nSPS) is 15.6. The number of benzene rings is 1. The third-order valence-corrected chi connectivity index (χ3v) is 7.06. The molecule has 1 heterocycles. The van der Waals surface area contributed by atoms with Crippen LogP contribution in [-0.2, 0) is 19.6 Å². The van der Waals surface area contributed by atoms with Crippen molar-refractivity contribution in [2.45, 2.75) is 63.9 Å². The second-order valence-corrected chi connectivity index (χ2v) is 10.0. The molecule has 0 atom stereocenters. The lowest BCUT2D eigenvalue weighted by atomic mass is 10.2. The maximum atomic E-state index is 12.8. The van der Waals surface area contributed by atoms with Gasteiger partial charge in [-0.1, -0.05) is 18.0 Å². The maximum absolute atomic E-state index is 12.8. The van der Waals surface area contributed by atoms with Crippen LogP contribution in [0.5, 0.6) is 0 Å². The van der Waals surface area contributed by atoms with E-state index in [2.05, 4.69) is 0 Å². The lowest BCUT2D eigenvalue weighted by Gasteiger charge is -2.30. The molecule has 1 aromatic rings. The van der Waals surface area contributed by atoms with Gasteiger partial charge in [-0.3, -0.25) is 4.79 Å². The highest BCUT2D eigenvalue weighted by Gasteiger charge is 2.28. The predicted octanol–water partition coefficient (Wildman–Crippen LogP) is 3.32. The van der Waals surface area contributed by atoms with Crippen LogP contribution in [-0.4, -0.2) is 61.3 Å². The molecular weight excluding hydrogens is 416 g/mol. The number of sulfonamides is 1. The highest BCUT2D eigenvalue weighted by atomic mass is 35.5. The fraction of sp³-hybridized carbons (Fsp3) is 0.600. The number of esters is 1. The zero-order chi connectivity index (χ0) is 21.8. The zero-order valence-electron chi connectivity index (χ0n) is 17.4. The zero-order valence-corrected chi connectivity index (χ0v) is 18.9. The minimum atomic E-state index is -3.71. The Morgan fingerprint density at radius 2 is 1.69 bits per heavy atom. The molecule has 1 aliphatic heterocycles. The summed E-state index contributed by atoms with van der Waals surface area (Å²) in [6, 6.07) is 3.89. The summed E-state index contributed by atoms with van der Waals surface area (Å²) in [5, 5.41) is 0.0737. The van der Waals surface area contributed by atoms with Crippen LogP contribution >= 0.6 is 11.6 Å². The van der Waals surface area contributed by atoms with E-state index in [0.717, 1.165) is 19.3 Å². The van der Waals surface area contributed by atoms with Gasteiger partial charge in [0.05, 0.1) is 15.5 Å². The van der Waals surface area contributed by atoms with Crippen molar-refractivity contribution in [1.82, 2.24) is 9.21 Å². The first-order valence-corrected chi connectivity index (χ1v) is 11.7. The molecule has 162 valence electrons. The van der Waals surface area contributed by atoms with Gasteiger partial charge in [0, 0.05) is 25.2 Å². The van der Waals surface area contributed by atoms with Gasteiger partial charge in [0.1, 0.15) is 0 Å². The molecule has 1 aromatic carbocycles. The average molecular weight is 445 g/mol. The Hall–Kier alpha value is -1.64. The molecule has 1 saturated heterocycles. The third kappa shape index (κ3) is 5.71. The van der Waals surface area contributed by atoms with Crippen molar-refractivity contribution in [2.24, 2.45) is 0 Å². The van der Waals surface area contributed by atoms with Gasteiger partial charge in [0.2, 0.25) is 10.0 Å². The Morgan fingerprint density at radius 3 is 2.24 bits per heavy atom. The number of hydrogen-bond acceptors (Lipinski definition) is 5. The van der Waals surface area contributed by atoms with Crippen molar-refractivity contribution in [1.29, 1.82) is 0 Å². The smallest absolute Gasteiger partial charge is 0.340 e. The average Bonchev–Trinajstić information content (AvgIpc) is 2.66. The molecule has 0 unspecified atom stereocenters. The number of hydrogen-bond donors (Lipinski definition) is 0. The quantitative estimate of drug-likeness (QED) is 0.602. The van der Waals surface area contributed by atoms with E-state index in [1.807, 2.05) is 27.7 Å². The summed E-state index contributed by atoms with van der Waals surface area (Å²) in [4.78, 5) is 26.5. The molecule has 0 saturated carbocycles. The van der Waals surface area contributed by atoms with Gasteiger partial charge in [-0.25, -0.2) is 13.2 Å². The summed E-state index contributed by atoms with van der Waals surface area (Å²) in [5.74, 6) is -1.15. The minimum absolute atomic E-state index is 0.00642. The molecule has 2 rings (SSSR count). The highest BCUT2D eigenvalue weighted by molar-refractivity contribution is 7.89. The van der Waals surface area contributed by atoms with Crippen LogP contribution in [0, 0.1) is 0 Å². The second-order valence-electron chi connectivity index (χ2n) is 7.67. The van der Waals surface area contributed by atoms with Crippen LogP contribution in [0.1, 0.15) is 57.3 Å².